The van der Waals surface area contributed by atoms with E-state index in [1.165, 1.54) is 25.3 Å². The lowest BCUT2D eigenvalue weighted by atomic mass is 10.1. The number of sulfonamides is 1. The van der Waals surface area contributed by atoms with Gasteiger partial charge in [-0.2, -0.15) is 0 Å². The maximum absolute atomic E-state index is 12.8. The Labute approximate surface area is 196 Å². The SMILES string of the molecule is COc1cc(NC(=O)c2cccc(CN3C(=O)c4ccccc4C3=O)c2)ccc1NS(C)(=O)=O. The van der Waals surface area contributed by atoms with Crippen LogP contribution in [-0.2, 0) is 16.6 Å². The van der Waals surface area contributed by atoms with E-state index in [1.54, 1.807) is 48.5 Å². The van der Waals surface area contributed by atoms with Crippen molar-refractivity contribution in [2.24, 2.45) is 0 Å². The molecule has 0 atom stereocenters. The van der Waals surface area contributed by atoms with E-state index in [0.29, 0.717) is 27.9 Å². The van der Waals surface area contributed by atoms with Crippen LogP contribution < -0.4 is 14.8 Å². The summed E-state index contributed by atoms with van der Waals surface area (Å²) in [5.41, 5.74) is 2.31. The summed E-state index contributed by atoms with van der Waals surface area (Å²) in [7, 11) is -2.11. The van der Waals surface area contributed by atoms with Crippen LogP contribution in [0.15, 0.2) is 66.7 Å². The zero-order valence-electron chi connectivity index (χ0n) is 18.4. The molecule has 0 spiro atoms. The van der Waals surface area contributed by atoms with Crippen molar-refractivity contribution in [1.82, 2.24) is 4.90 Å². The Morgan fingerprint density at radius 3 is 2.24 bits per heavy atom. The second-order valence-electron chi connectivity index (χ2n) is 7.69. The van der Waals surface area contributed by atoms with Gasteiger partial charge in [0.2, 0.25) is 10.0 Å². The number of rotatable bonds is 7. The van der Waals surface area contributed by atoms with Gasteiger partial charge in [-0.3, -0.25) is 24.0 Å². The number of anilines is 2. The van der Waals surface area contributed by atoms with Gasteiger partial charge in [-0.15, -0.1) is 0 Å². The number of methoxy groups -OCH3 is 1. The second kappa shape index (κ2) is 8.99. The van der Waals surface area contributed by atoms with Crippen LogP contribution in [0.25, 0.3) is 0 Å². The van der Waals surface area contributed by atoms with Gasteiger partial charge in [0.25, 0.3) is 17.7 Å². The molecule has 1 aliphatic heterocycles. The lowest BCUT2D eigenvalue weighted by molar-refractivity contribution is 0.0642. The van der Waals surface area contributed by atoms with Crippen molar-refractivity contribution in [2.75, 3.05) is 23.4 Å². The number of ether oxygens (including phenoxy) is 1. The molecule has 0 bridgehead atoms. The van der Waals surface area contributed by atoms with Gasteiger partial charge in [-0.25, -0.2) is 8.42 Å². The highest BCUT2D eigenvalue weighted by atomic mass is 32.2. The molecule has 0 saturated heterocycles. The number of hydrogen-bond donors (Lipinski definition) is 2. The number of carbonyl (C=O) groups excluding carboxylic acids is 3. The molecule has 4 rings (SSSR count). The van der Waals surface area contributed by atoms with Gasteiger partial charge >= 0.3 is 0 Å². The molecule has 1 aliphatic rings. The average Bonchev–Trinajstić information content (AvgIpc) is 3.04. The predicted molar refractivity (Wildman–Crippen MR) is 127 cm³/mol. The molecule has 0 aromatic heterocycles. The molecular formula is C24H21N3O6S. The van der Waals surface area contributed by atoms with Crippen LogP contribution in [0.2, 0.25) is 0 Å². The van der Waals surface area contributed by atoms with E-state index in [2.05, 4.69) is 10.0 Å². The largest absolute Gasteiger partial charge is 0.494 e. The van der Waals surface area contributed by atoms with Crippen LogP contribution in [0.5, 0.6) is 5.75 Å². The van der Waals surface area contributed by atoms with Crippen molar-refractivity contribution in [1.29, 1.82) is 0 Å². The number of hydrogen-bond acceptors (Lipinski definition) is 6. The van der Waals surface area contributed by atoms with Crippen molar-refractivity contribution >= 4 is 39.1 Å². The number of imide groups is 1. The summed E-state index contributed by atoms with van der Waals surface area (Å²) in [5, 5.41) is 2.73. The fourth-order valence-electron chi connectivity index (χ4n) is 3.63. The highest BCUT2D eigenvalue weighted by molar-refractivity contribution is 7.92. The Balaban J connectivity index is 1.50. The molecule has 10 heteroatoms. The highest BCUT2D eigenvalue weighted by Gasteiger charge is 2.35. The Morgan fingerprint density at radius 1 is 0.941 bits per heavy atom. The minimum atomic E-state index is -3.50. The fraction of sp³-hybridized carbons (Fsp3) is 0.125. The summed E-state index contributed by atoms with van der Waals surface area (Å²) in [5.74, 6) is -0.923. The van der Waals surface area contributed by atoms with Gasteiger partial charge in [-0.05, 0) is 42.0 Å². The first-order valence-electron chi connectivity index (χ1n) is 10.2. The summed E-state index contributed by atoms with van der Waals surface area (Å²) >= 11 is 0. The smallest absolute Gasteiger partial charge is 0.261 e. The third kappa shape index (κ3) is 4.76. The molecular weight excluding hydrogens is 458 g/mol. The first kappa shape index (κ1) is 23.0. The minimum Gasteiger partial charge on any atom is -0.494 e. The van der Waals surface area contributed by atoms with Gasteiger partial charge in [0.1, 0.15) is 5.75 Å². The maximum atomic E-state index is 12.8. The number of amides is 3. The average molecular weight is 480 g/mol. The Morgan fingerprint density at radius 2 is 1.62 bits per heavy atom. The van der Waals surface area contributed by atoms with Crippen LogP contribution >= 0.6 is 0 Å². The number of nitrogens with one attached hydrogen (secondary N) is 2. The van der Waals surface area contributed by atoms with E-state index >= 15 is 0 Å². The zero-order chi connectivity index (χ0) is 24.5. The standard InChI is InChI=1S/C24H21N3O6S/c1-33-21-13-17(10-11-20(21)26-34(2,31)32)25-22(28)16-7-5-6-15(12-16)14-27-23(29)18-8-3-4-9-19(18)24(27)30/h3-13,26H,14H2,1-2H3,(H,25,28). The normalized spacial score (nSPS) is 12.9. The van der Waals surface area contributed by atoms with Crippen molar-refractivity contribution in [3.8, 4) is 5.75 Å². The van der Waals surface area contributed by atoms with E-state index in [9.17, 15) is 22.8 Å². The molecule has 174 valence electrons. The van der Waals surface area contributed by atoms with E-state index in [1.807, 2.05) is 0 Å². The maximum Gasteiger partial charge on any atom is 0.261 e. The van der Waals surface area contributed by atoms with Crippen LogP contribution in [0.3, 0.4) is 0 Å². The molecule has 9 nitrogen and oxygen atoms in total. The van der Waals surface area contributed by atoms with Crippen molar-refractivity contribution < 1.29 is 27.5 Å². The summed E-state index contributed by atoms with van der Waals surface area (Å²) in [4.78, 5) is 39.2. The number of carbonyl (C=O) groups is 3. The molecule has 0 aliphatic carbocycles. The lowest BCUT2D eigenvalue weighted by Crippen LogP contribution is -2.29. The van der Waals surface area contributed by atoms with Crippen molar-refractivity contribution in [2.45, 2.75) is 6.54 Å². The van der Waals surface area contributed by atoms with Gasteiger partial charge < -0.3 is 10.1 Å². The first-order valence-corrected chi connectivity index (χ1v) is 12.1. The Bertz CT molecular complexity index is 1380. The van der Waals surface area contributed by atoms with Crippen LogP contribution in [-0.4, -0.2) is 44.4 Å². The lowest BCUT2D eigenvalue weighted by Gasteiger charge is -2.15. The zero-order valence-corrected chi connectivity index (χ0v) is 19.2. The number of fused-ring (bicyclic) bond motifs is 1. The van der Waals surface area contributed by atoms with Gasteiger partial charge in [0, 0.05) is 17.3 Å². The fourth-order valence-corrected chi connectivity index (χ4v) is 4.20. The van der Waals surface area contributed by atoms with Crippen LogP contribution in [0.1, 0.15) is 36.6 Å². The second-order valence-corrected chi connectivity index (χ2v) is 9.43. The molecule has 3 amide bonds. The molecule has 0 radical (unpaired) electrons. The Kier molecular flexibility index (Phi) is 6.08. The van der Waals surface area contributed by atoms with Gasteiger partial charge in [-0.1, -0.05) is 24.3 Å². The van der Waals surface area contributed by atoms with Crippen molar-refractivity contribution in [3.05, 3.63) is 89.0 Å². The molecule has 1 heterocycles. The van der Waals surface area contributed by atoms with Gasteiger partial charge in [0.15, 0.2) is 0 Å². The van der Waals surface area contributed by atoms with Crippen LogP contribution in [0.4, 0.5) is 11.4 Å². The number of benzene rings is 3. The predicted octanol–water partition coefficient (Wildman–Crippen LogP) is 3.12. The monoisotopic (exact) mass is 479 g/mol. The quantitative estimate of drug-likeness (QED) is 0.502. The molecule has 0 unspecified atom stereocenters. The number of nitrogens with zero attached hydrogens (tertiary/aromatic N) is 1. The summed E-state index contributed by atoms with van der Waals surface area (Å²) in [6, 6.07) is 17.8. The minimum absolute atomic E-state index is 0.0349. The molecule has 34 heavy (non-hydrogen) atoms. The first-order chi connectivity index (χ1) is 16.2. The van der Waals surface area contributed by atoms with E-state index in [4.69, 9.17) is 4.74 Å². The van der Waals surface area contributed by atoms with E-state index in [0.717, 1.165) is 11.2 Å². The van der Waals surface area contributed by atoms with Gasteiger partial charge in [0.05, 0.1) is 36.7 Å². The van der Waals surface area contributed by atoms with E-state index < -0.39 is 15.9 Å². The third-order valence-corrected chi connectivity index (χ3v) is 5.75. The van der Waals surface area contributed by atoms with Crippen molar-refractivity contribution in [3.63, 3.8) is 0 Å². The summed E-state index contributed by atoms with van der Waals surface area (Å²) in [6.07, 6.45) is 1.02. The molecule has 3 aromatic carbocycles. The third-order valence-electron chi connectivity index (χ3n) is 5.16. The summed E-state index contributed by atoms with van der Waals surface area (Å²) < 4.78 is 30.5. The molecule has 0 saturated carbocycles. The highest BCUT2D eigenvalue weighted by Crippen LogP contribution is 2.29. The topological polar surface area (TPSA) is 122 Å². The van der Waals surface area contributed by atoms with Crippen LogP contribution in [0, 0.1) is 0 Å². The van der Waals surface area contributed by atoms with E-state index in [-0.39, 0.29) is 29.8 Å². The molecule has 0 fully saturated rings. The summed E-state index contributed by atoms with van der Waals surface area (Å²) in [6.45, 7) is 0.0349. The molecule has 3 aromatic rings. The Hall–Kier alpha value is -4.18. The molecule has 2 N–H and O–H groups in total.